The van der Waals surface area contributed by atoms with E-state index in [4.69, 9.17) is 0 Å². The van der Waals surface area contributed by atoms with E-state index in [2.05, 4.69) is 36.2 Å². The zero-order valence-corrected chi connectivity index (χ0v) is 15.6. The second-order valence-corrected chi connectivity index (χ2v) is 7.99. The Morgan fingerprint density at radius 1 is 1.15 bits per heavy atom. The number of fused-ring (bicyclic) bond motifs is 1. The first-order valence-corrected chi connectivity index (χ1v) is 10.0. The predicted molar refractivity (Wildman–Crippen MR) is 107 cm³/mol. The molecule has 4 rings (SSSR count). The number of aromatic nitrogens is 1. The molecule has 0 saturated carbocycles. The quantitative estimate of drug-likeness (QED) is 0.539. The molecule has 1 saturated heterocycles. The van der Waals surface area contributed by atoms with Crippen LogP contribution in [-0.4, -0.2) is 29.7 Å². The van der Waals surface area contributed by atoms with Crippen LogP contribution in [0.2, 0.25) is 0 Å². The molecule has 1 N–H and O–H groups in total. The van der Waals surface area contributed by atoms with Crippen LogP contribution in [0.4, 0.5) is 14.5 Å². The van der Waals surface area contributed by atoms with Gasteiger partial charge in [0.05, 0.1) is 6.54 Å². The molecule has 0 unspecified atom stereocenters. The predicted octanol–water partition coefficient (Wildman–Crippen LogP) is 6.18. The minimum atomic E-state index is -2.60. The number of hydrogen-bond donors (Lipinski definition) is 1. The van der Waals surface area contributed by atoms with Crippen LogP contribution in [0, 0.1) is 0 Å². The number of para-hydroxylation sites is 1. The van der Waals surface area contributed by atoms with Crippen LogP contribution < -0.4 is 4.90 Å². The molecule has 0 radical (unpaired) electrons. The number of rotatable bonds is 5. The Hall–Kier alpha value is -2.01. The highest BCUT2D eigenvalue weighted by Gasteiger charge is 2.39. The van der Waals surface area contributed by atoms with Crippen LogP contribution in [0.1, 0.15) is 19.8 Å². The van der Waals surface area contributed by atoms with E-state index in [1.54, 1.807) is 11.8 Å². The fraction of sp³-hybridized carbons (Fsp3) is 0.333. The van der Waals surface area contributed by atoms with E-state index in [9.17, 15) is 8.78 Å². The fourth-order valence-corrected chi connectivity index (χ4v) is 4.28. The van der Waals surface area contributed by atoms with Gasteiger partial charge >= 0.3 is 0 Å². The van der Waals surface area contributed by atoms with Gasteiger partial charge in [0.15, 0.2) is 0 Å². The van der Waals surface area contributed by atoms with Gasteiger partial charge in [-0.15, -0.1) is 11.8 Å². The lowest BCUT2D eigenvalue weighted by molar-refractivity contribution is 0.0257. The van der Waals surface area contributed by atoms with Gasteiger partial charge in [-0.05, 0) is 42.5 Å². The van der Waals surface area contributed by atoms with Crippen molar-refractivity contribution in [3.63, 3.8) is 0 Å². The summed E-state index contributed by atoms with van der Waals surface area (Å²) in [6, 6.07) is 16.4. The number of nitrogens with zero attached hydrogens (tertiary/aromatic N) is 1. The normalized spacial score (nSPS) is 16.5. The number of thioether (sulfide) groups is 1. The third kappa shape index (κ3) is 3.45. The monoisotopic (exact) mass is 372 g/mol. The molecule has 0 bridgehead atoms. The number of H-pyrrole nitrogens is 1. The van der Waals surface area contributed by atoms with Crippen molar-refractivity contribution in [3.05, 3.63) is 48.5 Å². The molecule has 26 heavy (non-hydrogen) atoms. The summed E-state index contributed by atoms with van der Waals surface area (Å²) in [4.78, 5) is 6.45. The van der Waals surface area contributed by atoms with Gasteiger partial charge in [-0.2, -0.15) is 0 Å². The van der Waals surface area contributed by atoms with E-state index in [1.807, 2.05) is 29.2 Å². The van der Waals surface area contributed by atoms with Crippen molar-refractivity contribution in [3.8, 4) is 11.3 Å². The third-order valence-corrected chi connectivity index (χ3v) is 5.97. The van der Waals surface area contributed by atoms with E-state index >= 15 is 0 Å². The Morgan fingerprint density at radius 3 is 2.73 bits per heavy atom. The number of hydrogen-bond acceptors (Lipinski definition) is 2. The SMILES string of the molecule is CCCSc1ccc(N2CCC(F)(F)C2)c(-c2cc3ccccc3[nH]2)c1. The number of halogens is 2. The third-order valence-electron chi connectivity index (χ3n) is 4.77. The Morgan fingerprint density at radius 2 is 2.00 bits per heavy atom. The smallest absolute Gasteiger partial charge is 0.266 e. The zero-order chi connectivity index (χ0) is 18.1. The lowest BCUT2D eigenvalue weighted by Crippen LogP contribution is -2.25. The average Bonchev–Trinajstić information content (AvgIpc) is 3.22. The maximum absolute atomic E-state index is 13.8. The summed E-state index contributed by atoms with van der Waals surface area (Å²) in [6.07, 6.45) is 1.03. The number of anilines is 1. The minimum absolute atomic E-state index is 0.0779. The van der Waals surface area contributed by atoms with E-state index in [-0.39, 0.29) is 13.0 Å². The van der Waals surface area contributed by atoms with E-state index in [0.29, 0.717) is 6.54 Å². The Bertz CT molecular complexity index is 886. The molecule has 2 heterocycles. The van der Waals surface area contributed by atoms with Crippen molar-refractivity contribution < 1.29 is 8.78 Å². The summed E-state index contributed by atoms with van der Waals surface area (Å²) < 4.78 is 27.5. The van der Waals surface area contributed by atoms with Crippen LogP contribution in [0.5, 0.6) is 0 Å². The standard InChI is InChI=1S/C21H22F2N2S/c1-2-11-26-16-7-8-20(25-10-9-21(22,23)14-25)17(13-16)19-12-15-5-3-4-6-18(15)24-19/h3-8,12-13,24H,2,9-11,14H2,1H3. The van der Waals surface area contributed by atoms with E-state index < -0.39 is 5.92 Å². The highest BCUT2D eigenvalue weighted by molar-refractivity contribution is 7.99. The van der Waals surface area contributed by atoms with Crippen molar-refractivity contribution >= 4 is 28.4 Å². The molecule has 2 nitrogen and oxygen atoms in total. The molecule has 0 atom stereocenters. The van der Waals surface area contributed by atoms with Crippen molar-refractivity contribution in [1.29, 1.82) is 0 Å². The van der Waals surface area contributed by atoms with Crippen molar-refractivity contribution in [2.45, 2.75) is 30.6 Å². The Labute approximate surface area is 156 Å². The number of nitrogens with one attached hydrogen (secondary N) is 1. The number of alkyl halides is 2. The largest absolute Gasteiger partial charge is 0.365 e. The second kappa shape index (κ2) is 6.95. The summed E-state index contributed by atoms with van der Waals surface area (Å²) in [5.41, 5.74) is 3.93. The lowest BCUT2D eigenvalue weighted by atomic mass is 10.1. The molecule has 1 aliphatic heterocycles. The first kappa shape index (κ1) is 17.4. The first-order chi connectivity index (χ1) is 12.6. The van der Waals surface area contributed by atoms with Gasteiger partial charge in [0.1, 0.15) is 0 Å². The van der Waals surface area contributed by atoms with Gasteiger partial charge in [0.25, 0.3) is 5.92 Å². The van der Waals surface area contributed by atoms with Crippen LogP contribution in [-0.2, 0) is 0 Å². The lowest BCUT2D eigenvalue weighted by Gasteiger charge is -2.22. The van der Waals surface area contributed by atoms with Crippen LogP contribution in [0.25, 0.3) is 22.2 Å². The maximum atomic E-state index is 13.8. The maximum Gasteiger partial charge on any atom is 0.266 e. The fourth-order valence-electron chi connectivity index (χ4n) is 3.48. The summed E-state index contributed by atoms with van der Waals surface area (Å²) in [7, 11) is 0. The molecule has 1 aliphatic rings. The molecule has 136 valence electrons. The van der Waals surface area contributed by atoms with Gasteiger partial charge < -0.3 is 9.88 Å². The van der Waals surface area contributed by atoms with Crippen molar-refractivity contribution in [2.24, 2.45) is 0 Å². The molecule has 2 aromatic carbocycles. The van der Waals surface area contributed by atoms with E-state index in [1.165, 1.54) is 4.90 Å². The van der Waals surface area contributed by atoms with Gasteiger partial charge in [0, 0.05) is 45.7 Å². The molecule has 1 aromatic heterocycles. The van der Waals surface area contributed by atoms with E-state index in [0.717, 1.165) is 40.0 Å². The van der Waals surface area contributed by atoms with Gasteiger partial charge in [-0.3, -0.25) is 0 Å². The molecular formula is C21H22F2N2S. The zero-order valence-electron chi connectivity index (χ0n) is 14.8. The number of aromatic amines is 1. The van der Waals surface area contributed by atoms with Gasteiger partial charge in [0.2, 0.25) is 0 Å². The minimum Gasteiger partial charge on any atom is -0.365 e. The molecule has 0 spiro atoms. The summed E-state index contributed by atoms with van der Waals surface area (Å²) in [5, 5.41) is 1.13. The summed E-state index contributed by atoms with van der Waals surface area (Å²) >= 11 is 1.81. The molecule has 5 heteroatoms. The van der Waals surface area contributed by atoms with Crippen molar-refractivity contribution in [2.75, 3.05) is 23.7 Å². The van der Waals surface area contributed by atoms with Crippen molar-refractivity contribution in [1.82, 2.24) is 4.98 Å². The summed E-state index contributed by atoms with van der Waals surface area (Å²) in [5.74, 6) is -1.55. The Balaban J connectivity index is 1.78. The van der Waals surface area contributed by atoms with Crippen LogP contribution in [0.15, 0.2) is 53.4 Å². The van der Waals surface area contributed by atoms with Crippen LogP contribution >= 0.6 is 11.8 Å². The first-order valence-electron chi connectivity index (χ1n) is 9.03. The highest BCUT2D eigenvalue weighted by atomic mass is 32.2. The molecule has 0 aliphatic carbocycles. The average molecular weight is 372 g/mol. The molecule has 3 aromatic rings. The number of benzene rings is 2. The van der Waals surface area contributed by atoms with Gasteiger partial charge in [-0.25, -0.2) is 8.78 Å². The summed E-state index contributed by atoms with van der Waals surface area (Å²) in [6.45, 7) is 2.34. The molecular weight excluding hydrogens is 350 g/mol. The second-order valence-electron chi connectivity index (χ2n) is 6.83. The molecule has 1 fully saturated rings. The Kier molecular flexibility index (Phi) is 4.65. The highest BCUT2D eigenvalue weighted by Crippen LogP contribution is 2.39. The van der Waals surface area contributed by atoms with Crippen LogP contribution in [0.3, 0.4) is 0 Å². The molecule has 0 amide bonds. The topological polar surface area (TPSA) is 19.0 Å². The van der Waals surface area contributed by atoms with Gasteiger partial charge in [-0.1, -0.05) is 25.1 Å².